The number of nitrogens with two attached hydrogens (primary N) is 1. The first-order valence-electron chi connectivity index (χ1n) is 3.54. The normalized spacial score (nSPS) is 10.6. The fourth-order valence-corrected chi connectivity index (χ4v) is 1.26. The molecule has 0 heterocycles. The monoisotopic (exact) mass is 221 g/mol. The van der Waals surface area contributed by atoms with E-state index in [1.165, 1.54) is 0 Å². The molecule has 76 valence electrons. The summed E-state index contributed by atoms with van der Waals surface area (Å²) >= 11 is 5.45. The molecule has 3 N–H and O–H groups in total. The second-order valence-electron chi connectivity index (χ2n) is 2.58. The highest BCUT2D eigenvalue weighted by Crippen LogP contribution is 2.31. The van der Waals surface area contributed by atoms with Crippen molar-refractivity contribution in [2.75, 3.05) is 5.73 Å². The van der Waals surface area contributed by atoms with Gasteiger partial charge in [0.1, 0.15) is 0 Å². The Balaban J connectivity index is 3.40. The van der Waals surface area contributed by atoms with Crippen molar-refractivity contribution in [3.05, 3.63) is 28.3 Å². The quantitative estimate of drug-likeness (QED) is 0.755. The maximum atomic E-state index is 12.3. The van der Waals surface area contributed by atoms with Crippen molar-refractivity contribution in [1.82, 2.24) is 0 Å². The molecule has 0 amide bonds. The molecule has 0 aliphatic carbocycles. The van der Waals surface area contributed by atoms with Gasteiger partial charge in [-0.25, -0.2) is 13.6 Å². The number of hydrogen-bond donors (Lipinski definition) is 2. The third-order valence-corrected chi connectivity index (χ3v) is 2.01. The fourth-order valence-electron chi connectivity index (χ4n) is 0.985. The number of halogens is 3. The number of carbonyl (C=O) groups is 1. The number of aromatic carboxylic acids is 1. The Morgan fingerprint density at radius 2 is 2.07 bits per heavy atom. The van der Waals surface area contributed by atoms with Gasteiger partial charge in [0.05, 0.1) is 10.6 Å². The molecular formula is C8H6ClF2NO2. The van der Waals surface area contributed by atoms with Crippen molar-refractivity contribution < 1.29 is 18.7 Å². The zero-order valence-corrected chi connectivity index (χ0v) is 7.55. The zero-order chi connectivity index (χ0) is 10.9. The molecule has 1 aromatic rings. The van der Waals surface area contributed by atoms with Gasteiger partial charge < -0.3 is 10.8 Å². The van der Waals surface area contributed by atoms with Gasteiger partial charge >= 0.3 is 5.97 Å². The maximum absolute atomic E-state index is 12.3. The second-order valence-corrected chi connectivity index (χ2v) is 2.96. The van der Waals surface area contributed by atoms with E-state index in [0.717, 1.165) is 12.1 Å². The Kier molecular flexibility index (Phi) is 2.90. The average Bonchev–Trinajstić information content (AvgIpc) is 2.07. The minimum Gasteiger partial charge on any atom is -0.478 e. The molecule has 0 aliphatic rings. The van der Waals surface area contributed by atoms with Gasteiger partial charge in [-0.2, -0.15) is 0 Å². The van der Waals surface area contributed by atoms with Crippen LogP contribution in [-0.4, -0.2) is 11.1 Å². The third kappa shape index (κ3) is 1.93. The van der Waals surface area contributed by atoms with E-state index in [1.54, 1.807) is 0 Å². The number of alkyl halides is 2. The van der Waals surface area contributed by atoms with Crippen LogP contribution in [0.25, 0.3) is 0 Å². The van der Waals surface area contributed by atoms with Crippen molar-refractivity contribution in [2.45, 2.75) is 6.43 Å². The van der Waals surface area contributed by atoms with E-state index >= 15 is 0 Å². The van der Waals surface area contributed by atoms with Gasteiger partial charge in [0, 0.05) is 11.3 Å². The summed E-state index contributed by atoms with van der Waals surface area (Å²) in [6.07, 6.45) is -2.84. The van der Waals surface area contributed by atoms with Crippen molar-refractivity contribution >= 4 is 23.3 Å². The van der Waals surface area contributed by atoms with Crippen molar-refractivity contribution in [3.8, 4) is 0 Å². The Morgan fingerprint density at radius 1 is 1.50 bits per heavy atom. The Labute approximate surface area is 83.1 Å². The van der Waals surface area contributed by atoms with Crippen LogP contribution < -0.4 is 5.73 Å². The summed E-state index contributed by atoms with van der Waals surface area (Å²) in [7, 11) is 0. The standard InChI is InChI=1S/C8H6ClF2NO2/c9-6-4(7(10)11)1-3(12)2-5(6)8(13)14/h1-2,7H,12H2,(H,13,14). The number of anilines is 1. The largest absolute Gasteiger partial charge is 0.478 e. The van der Waals surface area contributed by atoms with Gasteiger partial charge in [-0.05, 0) is 12.1 Å². The summed E-state index contributed by atoms with van der Waals surface area (Å²) in [5, 5.41) is 8.14. The number of hydrogen-bond acceptors (Lipinski definition) is 2. The summed E-state index contributed by atoms with van der Waals surface area (Å²) in [5.41, 5.74) is 4.21. The van der Waals surface area contributed by atoms with Gasteiger partial charge in [-0.3, -0.25) is 0 Å². The number of nitrogen functional groups attached to an aromatic ring is 1. The lowest BCUT2D eigenvalue weighted by Crippen LogP contribution is -2.02. The highest BCUT2D eigenvalue weighted by atomic mass is 35.5. The maximum Gasteiger partial charge on any atom is 0.337 e. The lowest BCUT2D eigenvalue weighted by Gasteiger charge is -2.07. The molecular weight excluding hydrogens is 216 g/mol. The number of benzene rings is 1. The second kappa shape index (κ2) is 3.79. The molecule has 6 heteroatoms. The van der Waals surface area contributed by atoms with E-state index in [4.69, 9.17) is 22.4 Å². The van der Waals surface area contributed by atoms with E-state index < -0.39 is 28.5 Å². The minimum absolute atomic E-state index is 0.0536. The minimum atomic E-state index is -2.84. The van der Waals surface area contributed by atoms with Gasteiger partial charge in [0.25, 0.3) is 6.43 Å². The molecule has 0 saturated carbocycles. The molecule has 0 saturated heterocycles. The fraction of sp³-hybridized carbons (Fsp3) is 0.125. The first-order chi connectivity index (χ1) is 6.43. The van der Waals surface area contributed by atoms with Crippen LogP contribution in [0.15, 0.2) is 12.1 Å². The predicted molar refractivity (Wildman–Crippen MR) is 47.8 cm³/mol. The van der Waals surface area contributed by atoms with Gasteiger partial charge in [-0.1, -0.05) is 11.6 Å². The summed E-state index contributed by atoms with van der Waals surface area (Å²) in [4.78, 5) is 10.6. The summed E-state index contributed by atoms with van der Waals surface area (Å²) < 4.78 is 24.6. The molecule has 0 aliphatic heterocycles. The van der Waals surface area contributed by atoms with Gasteiger partial charge in [-0.15, -0.1) is 0 Å². The van der Waals surface area contributed by atoms with Crippen molar-refractivity contribution in [2.24, 2.45) is 0 Å². The van der Waals surface area contributed by atoms with Crippen LogP contribution in [-0.2, 0) is 0 Å². The van der Waals surface area contributed by atoms with Gasteiger partial charge in [0.15, 0.2) is 0 Å². The third-order valence-electron chi connectivity index (χ3n) is 1.59. The van der Waals surface area contributed by atoms with Crippen LogP contribution in [0.4, 0.5) is 14.5 Å². The number of carboxylic acid groups (broad SMARTS) is 1. The lowest BCUT2D eigenvalue weighted by molar-refractivity contribution is 0.0696. The molecule has 14 heavy (non-hydrogen) atoms. The van der Waals surface area contributed by atoms with E-state index in [2.05, 4.69) is 0 Å². The lowest BCUT2D eigenvalue weighted by atomic mass is 10.1. The summed E-state index contributed by atoms with van der Waals surface area (Å²) in [6, 6.07) is 2.00. The zero-order valence-electron chi connectivity index (χ0n) is 6.80. The SMILES string of the molecule is Nc1cc(C(=O)O)c(Cl)c(C(F)F)c1. The highest BCUT2D eigenvalue weighted by molar-refractivity contribution is 6.34. The van der Waals surface area contributed by atoms with Crippen molar-refractivity contribution in [3.63, 3.8) is 0 Å². The Bertz CT molecular complexity index is 382. The van der Waals surface area contributed by atoms with Crippen molar-refractivity contribution in [1.29, 1.82) is 0 Å². The smallest absolute Gasteiger partial charge is 0.337 e. The van der Waals surface area contributed by atoms with Crippen LogP contribution in [0.1, 0.15) is 22.3 Å². The van der Waals surface area contributed by atoms with E-state index in [-0.39, 0.29) is 5.69 Å². The summed E-state index contributed by atoms with van der Waals surface area (Å²) in [5.74, 6) is -1.38. The Hall–Kier alpha value is -1.36. The average molecular weight is 222 g/mol. The first kappa shape index (κ1) is 10.7. The van der Waals surface area contributed by atoms with E-state index in [0.29, 0.717) is 0 Å². The summed E-state index contributed by atoms with van der Waals surface area (Å²) in [6.45, 7) is 0. The molecule has 1 rings (SSSR count). The molecule has 0 bridgehead atoms. The van der Waals surface area contributed by atoms with Crippen LogP contribution in [0, 0.1) is 0 Å². The molecule has 0 radical (unpaired) electrons. The molecule has 0 spiro atoms. The van der Waals surface area contributed by atoms with Crippen LogP contribution in [0.5, 0.6) is 0 Å². The topological polar surface area (TPSA) is 63.3 Å². The van der Waals surface area contributed by atoms with Gasteiger partial charge in [0.2, 0.25) is 0 Å². The van der Waals surface area contributed by atoms with E-state index in [1.807, 2.05) is 0 Å². The number of rotatable bonds is 2. The van der Waals surface area contributed by atoms with Crippen LogP contribution in [0.2, 0.25) is 5.02 Å². The highest BCUT2D eigenvalue weighted by Gasteiger charge is 2.19. The van der Waals surface area contributed by atoms with Crippen LogP contribution in [0.3, 0.4) is 0 Å². The Morgan fingerprint density at radius 3 is 2.50 bits per heavy atom. The molecule has 0 fully saturated rings. The van der Waals surface area contributed by atoms with Crippen LogP contribution >= 0.6 is 11.6 Å². The number of carboxylic acids is 1. The first-order valence-corrected chi connectivity index (χ1v) is 3.91. The molecule has 1 aromatic carbocycles. The predicted octanol–water partition coefficient (Wildman–Crippen LogP) is 2.56. The molecule has 0 unspecified atom stereocenters. The molecule has 0 aromatic heterocycles. The van der Waals surface area contributed by atoms with E-state index in [9.17, 15) is 13.6 Å². The molecule has 3 nitrogen and oxygen atoms in total. The molecule has 0 atom stereocenters.